The highest BCUT2D eigenvalue weighted by Crippen LogP contribution is 2.17. The third-order valence-electron chi connectivity index (χ3n) is 3.56. The topological polar surface area (TPSA) is 55.4 Å². The van der Waals surface area contributed by atoms with Crippen molar-refractivity contribution in [1.82, 2.24) is 0 Å². The molecule has 0 aliphatic heterocycles. The molecular weight excluding hydrogens is 340 g/mol. The molecule has 0 saturated heterocycles. The van der Waals surface area contributed by atoms with Crippen LogP contribution < -0.4 is 0 Å². The van der Waals surface area contributed by atoms with E-state index in [2.05, 4.69) is 13.8 Å². The molecule has 0 amide bonds. The van der Waals surface area contributed by atoms with Crippen molar-refractivity contribution in [3.63, 3.8) is 0 Å². The van der Waals surface area contributed by atoms with Gasteiger partial charge in [0.1, 0.15) is 0 Å². The van der Waals surface area contributed by atoms with Crippen LogP contribution in [0.15, 0.2) is 0 Å². The van der Waals surface area contributed by atoms with Crippen molar-refractivity contribution in [2.45, 2.75) is 79.4 Å². The summed E-state index contributed by atoms with van der Waals surface area (Å²) in [4.78, 5) is 0. The number of rotatable bonds is 18. The zero-order chi connectivity index (χ0) is 19.0. The molecule has 2 atom stereocenters. The highest BCUT2D eigenvalue weighted by Gasteiger charge is 2.46. The lowest BCUT2D eigenvalue weighted by Crippen LogP contribution is -2.52. The Morgan fingerprint density at radius 1 is 0.560 bits per heavy atom. The van der Waals surface area contributed by atoms with E-state index in [-0.39, 0.29) is 12.2 Å². The second-order valence-electron chi connectivity index (χ2n) is 5.72. The standard InChI is InChI=1S/C18H40O6Si/c1-7-13-17(19-9-3)15-23-25(21-11-5,22-12-6)24-16-18(14-8-2)20-10-4/h17-18H,7-16H2,1-6H3. The minimum atomic E-state index is -3.20. The quantitative estimate of drug-likeness (QED) is 0.336. The first kappa shape index (κ1) is 25.0. The van der Waals surface area contributed by atoms with Crippen LogP contribution in [0.5, 0.6) is 0 Å². The maximum Gasteiger partial charge on any atom is 0.679 e. The second kappa shape index (κ2) is 16.2. The van der Waals surface area contributed by atoms with Gasteiger partial charge in [0.05, 0.1) is 25.4 Å². The Balaban J connectivity index is 4.88. The zero-order valence-corrected chi connectivity index (χ0v) is 18.2. The largest absolute Gasteiger partial charge is 0.679 e. The molecule has 0 rings (SSSR count). The van der Waals surface area contributed by atoms with Crippen molar-refractivity contribution in [1.29, 1.82) is 0 Å². The highest BCUT2D eigenvalue weighted by atomic mass is 28.4. The SMILES string of the molecule is CCCC(CO[Si](OCC)(OCC)OCC(CCC)OCC)OCC. The van der Waals surface area contributed by atoms with E-state index < -0.39 is 9.05 Å². The van der Waals surface area contributed by atoms with Gasteiger partial charge in [0.2, 0.25) is 0 Å². The van der Waals surface area contributed by atoms with Crippen molar-refractivity contribution in [2.24, 2.45) is 0 Å². The van der Waals surface area contributed by atoms with Gasteiger partial charge in [-0.15, -0.1) is 0 Å². The average Bonchev–Trinajstić information content (AvgIpc) is 2.59. The van der Waals surface area contributed by atoms with Gasteiger partial charge in [0.15, 0.2) is 0 Å². The summed E-state index contributed by atoms with van der Waals surface area (Å²) in [6.07, 6.45) is 4.02. The van der Waals surface area contributed by atoms with Gasteiger partial charge in [-0.3, -0.25) is 0 Å². The van der Waals surface area contributed by atoms with Gasteiger partial charge in [-0.2, -0.15) is 0 Å². The molecule has 0 fully saturated rings. The maximum absolute atomic E-state index is 6.08. The predicted molar refractivity (Wildman–Crippen MR) is 102 cm³/mol. The van der Waals surface area contributed by atoms with Crippen molar-refractivity contribution in [3.8, 4) is 0 Å². The van der Waals surface area contributed by atoms with Crippen LogP contribution in [-0.2, 0) is 27.2 Å². The van der Waals surface area contributed by atoms with E-state index in [9.17, 15) is 0 Å². The molecule has 25 heavy (non-hydrogen) atoms. The van der Waals surface area contributed by atoms with Crippen LogP contribution in [0.2, 0.25) is 0 Å². The lowest BCUT2D eigenvalue weighted by Gasteiger charge is -2.30. The van der Waals surface area contributed by atoms with Crippen LogP contribution in [-0.4, -0.2) is 60.9 Å². The fourth-order valence-electron chi connectivity index (χ4n) is 2.54. The highest BCUT2D eigenvalue weighted by molar-refractivity contribution is 6.53. The lowest BCUT2D eigenvalue weighted by atomic mass is 10.2. The molecule has 0 aromatic heterocycles. The first-order chi connectivity index (χ1) is 12.1. The van der Waals surface area contributed by atoms with Crippen LogP contribution in [0.25, 0.3) is 0 Å². The molecule has 0 N–H and O–H groups in total. The van der Waals surface area contributed by atoms with Crippen LogP contribution in [0.3, 0.4) is 0 Å². The van der Waals surface area contributed by atoms with Crippen molar-refractivity contribution in [3.05, 3.63) is 0 Å². The molecule has 0 saturated carbocycles. The molecule has 0 spiro atoms. The summed E-state index contributed by atoms with van der Waals surface area (Å²) in [5.74, 6) is 0. The van der Waals surface area contributed by atoms with Gasteiger partial charge < -0.3 is 27.2 Å². The fourth-order valence-corrected chi connectivity index (χ4v) is 4.53. The van der Waals surface area contributed by atoms with Crippen LogP contribution in [0.4, 0.5) is 0 Å². The number of hydrogen-bond acceptors (Lipinski definition) is 6. The van der Waals surface area contributed by atoms with E-state index in [1.807, 2.05) is 27.7 Å². The molecule has 0 aromatic rings. The smallest absolute Gasteiger partial charge is 0.376 e. The summed E-state index contributed by atoms with van der Waals surface area (Å²) >= 11 is 0. The monoisotopic (exact) mass is 380 g/mol. The van der Waals surface area contributed by atoms with Gasteiger partial charge in [-0.05, 0) is 40.5 Å². The molecule has 0 radical (unpaired) electrons. The summed E-state index contributed by atoms with van der Waals surface area (Å²) in [6.45, 7) is 15.2. The second-order valence-corrected chi connectivity index (χ2v) is 7.87. The molecule has 0 aliphatic rings. The van der Waals surface area contributed by atoms with Gasteiger partial charge in [0, 0.05) is 26.4 Å². The molecule has 0 bridgehead atoms. The molecular formula is C18H40O6Si. The van der Waals surface area contributed by atoms with E-state index in [1.54, 1.807) is 0 Å². The molecule has 6 nitrogen and oxygen atoms in total. The Kier molecular flexibility index (Phi) is 16.2. The molecule has 0 aliphatic carbocycles. The van der Waals surface area contributed by atoms with Crippen molar-refractivity contribution < 1.29 is 27.2 Å². The Hall–Kier alpha value is -0.0231. The van der Waals surface area contributed by atoms with Gasteiger partial charge in [0.25, 0.3) is 0 Å². The minimum absolute atomic E-state index is 0.0321. The normalized spacial score (nSPS) is 14.6. The molecule has 7 heteroatoms. The Morgan fingerprint density at radius 2 is 0.960 bits per heavy atom. The van der Waals surface area contributed by atoms with Gasteiger partial charge >= 0.3 is 9.05 Å². The summed E-state index contributed by atoms with van der Waals surface area (Å²) in [5.41, 5.74) is 0. The van der Waals surface area contributed by atoms with E-state index in [1.165, 1.54) is 0 Å². The van der Waals surface area contributed by atoms with Crippen LogP contribution >= 0.6 is 0 Å². The van der Waals surface area contributed by atoms with Crippen LogP contribution in [0, 0.1) is 0 Å². The van der Waals surface area contributed by atoms with Gasteiger partial charge in [-0.1, -0.05) is 26.7 Å². The van der Waals surface area contributed by atoms with Crippen molar-refractivity contribution in [2.75, 3.05) is 39.6 Å². The summed E-state index contributed by atoms with van der Waals surface area (Å²) in [5, 5.41) is 0. The summed E-state index contributed by atoms with van der Waals surface area (Å²) < 4.78 is 35.3. The minimum Gasteiger partial charge on any atom is -0.376 e. The Morgan fingerprint density at radius 3 is 1.24 bits per heavy atom. The zero-order valence-electron chi connectivity index (χ0n) is 17.2. The molecule has 0 heterocycles. The first-order valence-electron chi connectivity index (χ1n) is 9.90. The third kappa shape index (κ3) is 11.3. The number of ether oxygens (including phenoxy) is 2. The third-order valence-corrected chi connectivity index (χ3v) is 5.89. The van der Waals surface area contributed by atoms with Gasteiger partial charge in [-0.25, -0.2) is 0 Å². The van der Waals surface area contributed by atoms with E-state index in [4.69, 9.17) is 27.2 Å². The predicted octanol–water partition coefficient (Wildman–Crippen LogP) is 3.94. The summed E-state index contributed by atoms with van der Waals surface area (Å²) in [7, 11) is -3.20. The Labute approximate surface area is 155 Å². The average molecular weight is 381 g/mol. The molecule has 2 unspecified atom stereocenters. The fraction of sp³-hybridized carbons (Fsp3) is 1.00. The van der Waals surface area contributed by atoms with E-state index >= 15 is 0 Å². The Bertz CT molecular complexity index is 253. The van der Waals surface area contributed by atoms with E-state index in [0.717, 1.165) is 25.7 Å². The first-order valence-corrected chi connectivity index (χ1v) is 11.5. The maximum atomic E-state index is 6.08. The molecule has 0 aromatic carbocycles. The number of hydrogen-bond donors (Lipinski definition) is 0. The summed E-state index contributed by atoms with van der Waals surface area (Å²) in [6, 6.07) is 0. The van der Waals surface area contributed by atoms with Crippen molar-refractivity contribution >= 4 is 9.05 Å². The lowest BCUT2D eigenvalue weighted by molar-refractivity contribution is -0.0796. The van der Waals surface area contributed by atoms with Crippen LogP contribution in [0.1, 0.15) is 67.2 Å². The molecule has 152 valence electrons. The van der Waals surface area contributed by atoms with E-state index in [0.29, 0.717) is 39.6 Å².